The van der Waals surface area contributed by atoms with Crippen molar-refractivity contribution < 1.29 is 14.3 Å². The van der Waals surface area contributed by atoms with Crippen molar-refractivity contribution in [3.63, 3.8) is 0 Å². The molecular weight excluding hydrogens is 290 g/mol. The lowest BCUT2D eigenvalue weighted by Crippen LogP contribution is -2.25. The lowest BCUT2D eigenvalue weighted by atomic mass is 10.0. The van der Waals surface area contributed by atoms with Crippen LogP contribution in [0.1, 0.15) is 23.2 Å². The number of hydrogen-bond acceptors (Lipinski definition) is 3. The average Bonchev–Trinajstić information content (AvgIpc) is 2.61. The Balaban J connectivity index is 2.11. The lowest BCUT2D eigenvalue weighted by Gasteiger charge is -2.11. The van der Waals surface area contributed by atoms with Crippen molar-refractivity contribution >= 4 is 5.91 Å². The summed E-state index contributed by atoms with van der Waals surface area (Å²) in [6.07, 6.45) is 1.82. The average molecular weight is 313 g/mol. The van der Waals surface area contributed by atoms with Crippen LogP contribution in [-0.4, -0.2) is 33.3 Å². The molecule has 0 unspecified atom stereocenters. The van der Waals surface area contributed by atoms with Gasteiger partial charge < -0.3 is 14.8 Å². The largest absolute Gasteiger partial charge is 0.496 e. The smallest absolute Gasteiger partial charge is 0.255 e. The van der Waals surface area contributed by atoms with Crippen LogP contribution in [0.25, 0.3) is 11.1 Å². The molecule has 4 nitrogen and oxygen atoms in total. The maximum atomic E-state index is 12.4. The molecule has 2 aromatic carbocycles. The first kappa shape index (κ1) is 17.0. The Kier molecular flexibility index (Phi) is 6.63. The second-order valence-electron chi connectivity index (χ2n) is 5.24. The van der Waals surface area contributed by atoms with Gasteiger partial charge in [-0.2, -0.15) is 0 Å². The van der Waals surface area contributed by atoms with E-state index in [1.54, 1.807) is 14.2 Å². The van der Waals surface area contributed by atoms with Crippen molar-refractivity contribution in [3.8, 4) is 16.9 Å². The molecule has 2 rings (SSSR count). The Morgan fingerprint density at radius 3 is 2.48 bits per heavy atom. The van der Waals surface area contributed by atoms with Crippen molar-refractivity contribution in [3.05, 3.63) is 54.1 Å². The number of methoxy groups -OCH3 is 2. The first-order valence-electron chi connectivity index (χ1n) is 7.77. The van der Waals surface area contributed by atoms with Crippen LogP contribution in [0.15, 0.2) is 48.5 Å². The zero-order valence-corrected chi connectivity index (χ0v) is 13.7. The van der Waals surface area contributed by atoms with Crippen molar-refractivity contribution in [1.82, 2.24) is 5.32 Å². The van der Waals surface area contributed by atoms with Crippen LogP contribution in [0.5, 0.6) is 5.75 Å². The molecule has 4 heteroatoms. The molecule has 0 atom stereocenters. The molecule has 0 aliphatic rings. The molecule has 0 spiro atoms. The van der Waals surface area contributed by atoms with Gasteiger partial charge in [-0.25, -0.2) is 0 Å². The standard InChI is InChI=1S/C19H23NO3/c1-22-13-7-6-12-20-19(21)17-14-16(10-11-18(17)23-2)15-8-4-3-5-9-15/h3-5,8-11,14H,6-7,12-13H2,1-2H3,(H,20,21). The molecular formula is C19H23NO3. The normalized spacial score (nSPS) is 10.3. The van der Waals surface area contributed by atoms with E-state index in [1.165, 1.54) is 0 Å². The van der Waals surface area contributed by atoms with Crippen LogP contribution in [0, 0.1) is 0 Å². The molecule has 122 valence electrons. The number of carbonyl (C=O) groups is 1. The molecule has 0 heterocycles. The summed E-state index contributed by atoms with van der Waals surface area (Å²) in [7, 11) is 3.26. The van der Waals surface area contributed by atoms with E-state index in [0.717, 1.165) is 24.0 Å². The maximum absolute atomic E-state index is 12.4. The molecule has 23 heavy (non-hydrogen) atoms. The second-order valence-corrected chi connectivity index (χ2v) is 5.24. The summed E-state index contributed by atoms with van der Waals surface area (Å²) in [6.45, 7) is 1.34. The summed E-state index contributed by atoms with van der Waals surface area (Å²) >= 11 is 0. The molecule has 0 bridgehead atoms. The van der Waals surface area contributed by atoms with Crippen molar-refractivity contribution in [2.45, 2.75) is 12.8 Å². The highest BCUT2D eigenvalue weighted by molar-refractivity contribution is 5.98. The summed E-state index contributed by atoms with van der Waals surface area (Å²) in [5, 5.41) is 2.94. The van der Waals surface area contributed by atoms with E-state index >= 15 is 0 Å². The minimum Gasteiger partial charge on any atom is -0.496 e. The monoisotopic (exact) mass is 313 g/mol. The number of hydrogen-bond donors (Lipinski definition) is 1. The van der Waals surface area contributed by atoms with Gasteiger partial charge in [0.2, 0.25) is 0 Å². The number of benzene rings is 2. The summed E-state index contributed by atoms with van der Waals surface area (Å²) in [5.74, 6) is 0.469. The van der Waals surface area contributed by atoms with Crippen LogP contribution in [0.4, 0.5) is 0 Å². The zero-order chi connectivity index (χ0) is 16.5. The van der Waals surface area contributed by atoms with Crippen LogP contribution >= 0.6 is 0 Å². The molecule has 1 amide bonds. The Labute approximate surface area is 137 Å². The van der Waals surface area contributed by atoms with Gasteiger partial charge in [-0.3, -0.25) is 4.79 Å². The van der Waals surface area contributed by atoms with Gasteiger partial charge in [0.05, 0.1) is 12.7 Å². The summed E-state index contributed by atoms with van der Waals surface area (Å²) in [5.41, 5.74) is 2.63. The SMILES string of the molecule is COCCCCNC(=O)c1cc(-c2ccccc2)ccc1OC. The van der Waals surface area contributed by atoms with E-state index in [2.05, 4.69) is 5.32 Å². The summed E-state index contributed by atoms with van der Waals surface area (Å²) < 4.78 is 10.3. The molecule has 0 fully saturated rings. The van der Waals surface area contributed by atoms with Gasteiger partial charge in [0, 0.05) is 20.3 Å². The van der Waals surface area contributed by atoms with Gasteiger partial charge in [-0.05, 0) is 36.1 Å². The van der Waals surface area contributed by atoms with E-state index < -0.39 is 0 Å². The molecule has 0 radical (unpaired) electrons. The predicted molar refractivity (Wildman–Crippen MR) is 91.9 cm³/mol. The Morgan fingerprint density at radius 2 is 1.78 bits per heavy atom. The molecule has 0 saturated heterocycles. The van der Waals surface area contributed by atoms with Crippen molar-refractivity contribution in [2.75, 3.05) is 27.4 Å². The van der Waals surface area contributed by atoms with E-state index in [4.69, 9.17) is 9.47 Å². The van der Waals surface area contributed by atoms with Gasteiger partial charge in [0.15, 0.2) is 0 Å². The predicted octanol–water partition coefficient (Wildman–Crippen LogP) is 3.52. The number of nitrogens with one attached hydrogen (secondary N) is 1. The first-order valence-corrected chi connectivity index (χ1v) is 7.77. The van der Waals surface area contributed by atoms with Gasteiger partial charge in [-0.1, -0.05) is 36.4 Å². The number of amides is 1. The fourth-order valence-corrected chi connectivity index (χ4v) is 2.36. The second kappa shape index (κ2) is 8.96. The van der Waals surface area contributed by atoms with Crippen molar-refractivity contribution in [2.24, 2.45) is 0 Å². The Morgan fingerprint density at radius 1 is 1.00 bits per heavy atom. The van der Waals surface area contributed by atoms with E-state index in [9.17, 15) is 4.79 Å². The fraction of sp³-hybridized carbons (Fsp3) is 0.316. The molecule has 0 aromatic heterocycles. The highest BCUT2D eigenvalue weighted by Crippen LogP contribution is 2.26. The van der Waals surface area contributed by atoms with Crippen molar-refractivity contribution in [1.29, 1.82) is 0 Å². The molecule has 0 aliphatic carbocycles. The lowest BCUT2D eigenvalue weighted by molar-refractivity contribution is 0.0948. The fourth-order valence-electron chi connectivity index (χ4n) is 2.36. The molecule has 1 N–H and O–H groups in total. The summed E-state index contributed by atoms with van der Waals surface area (Å²) in [6, 6.07) is 15.7. The highest BCUT2D eigenvalue weighted by Gasteiger charge is 2.13. The Hall–Kier alpha value is -2.33. The minimum absolute atomic E-state index is 0.114. The number of carbonyl (C=O) groups excluding carboxylic acids is 1. The zero-order valence-electron chi connectivity index (χ0n) is 13.7. The topological polar surface area (TPSA) is 47.6 Å². The first-order chi connectivity index (χ1) is 11.3. The van der Waals surface area contributed by atoms with Crippen LogP contribution in [0.2, 0.25) is 0 Å². The van der Waals surface area contributed by atoms with Gasteiger partial charge in [-0.15, -0.1) is 0 Å². The van der Waals surface area contributed by atoms with Crippen LogP contribution in [0.3, 0.4) is 0 Å². The quantitative estimate of drug-likeness (QED) is 0.759. The third kappa shape index (κ3) is 4.83. The third-order valence-electron chi connectivity index (χ3n) is 3.61. The van der Waals surface area contributed by atoms with Gasteiger partial charge in [0.25, 0.3) is 5.91 Å². The van der Waals surface area contributed by atoms with Gasteiger partial charge in [0.1, 0.15) is 5.75 Å². The molecule has 0 saturated carbocycles. The minimum atomic E-state index is -0.114. The summed E-state index contributed by atoms with van der Waals surface area (Å²) in [4.78, 5) is 12.4. The van der Waals surface area contributed by atoms with E-state index in [1.807, 2.05) is 48.5 Å². The number of ether oxygens (including phenoxy) is 2. The van der Waals surface area contributed by atoms with E-state index in [0.29, 0.717) is 24.5 Å². The van der Waals surface area contributed by atoms with Crippen LogP contribution in [-0.2, 0) is 4.74 Å². The van der Waals surface area contributed by atoms with E-state index in [-0.39, 0.29) is 5.91 Å². The molecule has 2 aromatic rings. The Bertz CT molecular complexity index is 626. The van der Waals surface area contributed by atoms with Crippen LogP contribution < -0.4 is 10.1 Å². The van der Waals surface area contributed by atoms with Gasteiger partial charge >= 0.3 is 0 Å². The number of rotatable bonds is 8. The maximum Gasteiger partial charge on any atom is 0.255 e. The third-order valence-corrected chi connectivity index (χ3v) is 3.61. The molecule has 0 aliphatic heterocycles. The highest BCUT2D eigenvalue weighted by atomic mass is 16.5. The number of unbranched alkanes of at least 4 members (excludes halogenated alkanes) is 1.